The number of nitrogens with two attached hydrogens (primary N) is 1. The third-order valence-electron chi connectivity index (χ3n) is 3.31. The molecule has 2 amide bonds. The average molecular weight is 280 g/mol. The maximum atomic E-state index is 11.3. The van der Waals surface area contributed by atoms with Gasteiger partial charge < -0.3 is 11.1 Å². The number of rotatable bonds is 0. The van der Waals surface area contributed by atoms with Gasteiger partial charge in [0.1, 0.15) is 11.4 Å². The van der Waals surface area contributed by atoms with E-state index in [0.717, 1.165) is 22.9 Å². The molecule has 0 fully saturated rings. The first kappa shape index (κ1) is 9.84. The number of benzene rings is 1. The maximum Gasteiger partial charge on any atom is 0.343 e. The van der Waals surface area contributed by atoms with Gasteiger partial charge >= 0.3 is 6.03 Å². The molecular formula is C11H10BrN3O. The third kappa shape index (κ3) is 1.09. The molecule has 4 nitrogen and oxygen atoms in total. The lowest BCUT2D eigenvalue weighted by Gasteiger charge is -2.24. The summed E-state index contributed by atoms with van der Waals surface area (Å²) in [7, 11) is 0. The van der Waals surface area contributed by atoms with E-state index in [4.69, 9.17) is 5.73 Å². The predicted octanol–water partition coefficient (Wildman–Crippen LogP) is 1.67. The SMILES string of the molecule is NC1=NC(=O)NC12CCc1c(Br)cccc12. The van der Waals surface area contributed by atoms with Crippen LogP contribution in [0.4, 0.5) is 4.79 Å². The van der Waals surface area contributed by atoms with Gasteiger partial charge in [0.2, 0.25) is 0 Å². The molecule has 1 heterocycles. The van der Waals surface area contributed by atoms with Crippen LogP contribution in [0.25, 0.3) is 0 Å². The molecule has 16 heavy (non-hydrogen) atoms. The summed E-state index contributed by atoms with van der Waals surface area (Å²) >= 11 is 3.52. The van der Waals surface area contributed by atoms with Crippen LogP contribution in [0.15, 0.2) is 27.7 Å². The van der Waals surface area contributed by atoms with Crippen LogP contribution in [0.2, 0.25) is 0 Å². The molecule has 1 atom stereocenters. The summed E-state index contributed by atoms with van der Waals surface area (Å²) in [5.41, 5.74) is 7.60. The monoisotopic (exact) mass is 279 g/mol. The summed E-state index contributed by atoms with van der Waals surface area (Å²) in [5.74, 6) is 0.384. The predicted molar refractivity (Wildman–Crippen MR) is 64.3 cm³/mol. The number of aliphatic imine (C=N–C) groups is 1. The first-order valence-electron chi connectivity index (χ1n) is 5.08. The molecule has 1 aliphatic heterocycles. The summed E-state index contributed by atoms with van der Waals surface area (Å²) in [6, 6.07) is 5.61. The van der Waals surface area contributed by atoms with Crippen LogP contribution in [-0.4, -0.2) is 11.9 Å². The van der Waals surface area contributed by atoms with Crippen molar-refractivity contribution in [3.63, 3.8) is 0 Å². The van der Waals surface area contributed by atoms with Crippen molar-refractivity contribution in [2.75, 3.05) is 0 Å². The Bertz CT molecular complexity index is 526. The standard InChI is InChI=1S/C11H10BrN3O/c12-8-3-1-2-7-6(8)4-5-11(7)9(13)14-10(16)15-11/h1-3H,4-5H2,(H3,13,14,15,16). The molecule has 0 aromatic heterocycles. The van der Waals surface area contributed by atoms with Crippen molar-refractivity contribution in [3.05, 3.63) is 33.8 Å². The molecule has 1 spiro atoms. The van der Waals surface area contributed by atoms with Crippen molar-refractivity contribution in [2.45, 2.75) is 18.4 Å². The number of hydrogen-bond acceptors (Lipinski definition) is 2. The minimum Gasteiger partial charge on any atom is -0.385 e. The summed E-state index contributed by atoms with van der Waals surface area (Å²) in [5, 5.41) is 2.87. The Morgan fingerprint density at radius 2 is 2.31 bits per heavy atom. The summed E-state index contributed by atoms with van der Waals surface area (Å²) < 4.78 is 1.07. The highest BCUT2D eigenvalue weighted by Crippen LogP contribution is 2.41. The second kappa shape index (κ2) is 3.07. The number of amides is 2. The lowest BCUT2D eigenvalue weighted by Crippen LogP contribution is -2.47. The van der Waals surface area contributed by atoms with Gasteiger partial charge in [-0.2, -0.15) is 4.99 Å². The van der Waals surface area contributed by atoms with E-state index in [1.54, 1.807) is 0 Å². The van der Waals surface area contributed by atoms with E-state index >= 15 is 0 Å². The summed E-state index contributed by atoms with van der Waals surface area (Å²) in [6.07, 6.45) is 1.68. The van der Waals surface area contributed by atoms with Gasteiger partial charge in [0.25, 0.3) is 0 Å². The zero-order chi connectivity index (χ0) is 11.3. The van der Waals surface area contributed by atoms with Crippen LogP contribution in [-0.2, 0) is 12.0 Å². The Balaban J connectivity index is 2.20. The van der Waals surface area contributed by atoms with Gasteiger partial charge in [-0.1, -0.05) is 28.1 Å². The van der Waals surface area contributed by atoms with E-state index in [-0.39, 0.29) is 6.03 Å². The number of carbonyl (C=O) groups is 1. The van der Waals surface area contributed by atoms with Crippen molar-refractivity contribution in [3.8, 4) is 0 Å². The Hall–Kier alpha value is -1.36. The number of hydrogen-bond donors (Lipinski definition) is 2. The van der Waals surface area contributed by atoms with E-state index in [1.165, 1.54) is 5.56 Å². The highest BCUT2D eigenvalue weighted by Gasteiger charge is 2.47. The number of urea groups is 1. The molecule has 1 aromatic rings. The van der Waals surface area contributed by atoms with E-state index < -0.39 is 5.54 Å². The number of fused-ring (bicyclic) bond motifs is 2. The lowest BCUT2D eigenvalue weighted by molar-refractivity contribution is 0.246. The smallest absolute Gasteiger partial charge is 0.343 e. The normalized spacial score (nSPS) is 26.8. The average Bonchev–Trinajstić information content (AvgIpc) is 2.72. The Morgan fingerprint density at radius 3 is 3.00 bits per heavy atom. The molecule has 3 rings (SSSR count). The Kier molecular flexibility index (Phi) is 1.89. The van der Waals surface area contributed by atoms with Gasteiger partial charge in [-0.15, -0.1) is 0 Å². The number of halogens is 1. The van der Waals surface area contributed by atoms with Gasteiger partial charge in [0.05, 0.1) is 0 Å². The van der Waals surface area contributed by atoms with E-state index in [9.17, 15) is 4.79 Å². The van der Waals surface area contributed by atoms with Crippen molar-refractivity contribution >= 4 is 27.8 Å². The maximum absolute atomic E-state index is 11.3. The van der Waals surface area contributed by atoms with Crippen molar-refractivity contribution in [1.29, 1.82) is 0 Å². The topological polar surface area (TPSA) is 67.5 Å². The van der Waals surface area contributed by atoms with Crippen LogP contribution in [0.5, 0.6) is 0 Å². The molecule has 3 N–H and O–H groups in total. The van der Waals surface area contributed by atoms with Crippen LogP contribution in [0.3, 0.4) is 0 Å². The number of carbonyl (C=O) groups excluding carboxylic acids is 1. The Labute approximate surface area is 101 Å². The fourth-order valence-corrected chi connectivity index (χ4v) is 3.10. The molecule has 5 heteroatoms. The highest BCUT2D eigenvalue weighted by atomic mass is 79.9. The van der Waals surface area contributed by atoms with Gasteiger partial charge in [0.15, 0.2) is 0 Å². The molecule has 1 aliphatic carbocycles. The number of nitrogens with zero attached hydrogens (tertiary/aromatic N) is 1. The largest absolute Gasteiger partial charge is 0.385 e. The first-order chi connectivity index (χ1) is 7.63. The van der Waals surface area contributed by atoms with E-state index in [0.29, 0.717) is 5.84 Å². The summed E-state index contributed by atoms with van der Waals surface area (Å²) in [6.45, 7) is 0. The number of nitrogens with one attached hydrogen (secondary N) is 1. The second-order valence-corrected chi connectivity index (χ2v) is 4.95. The molecule has 0 saturated heterocycles. The third-order valence-corrected chi connectivity index (χ3v) is 4.05. The van der Waals surface area contributed by atoms with Gasteiger partial charge in [-0.3, -0.25) is 0 Å². The fourth-order valence-electron chi connectivity index (χ4n) is 2.53. The molecule has 2 aliphatic rings. The molecule has 1 aromatic carbocycles. The van der Waals surface area contributed by atoms with Crippen LogP contribution in [0.1, 0.15) is 17.5 Å². The molecular weight excluding hydrogens is 270 g/mol. The van der Waals surface area contributed by atoms with Crippen LogP contribution >= 0.6 is 15.9 Å². The van der Waals surface area contributed by atoms with Crippen molar-refractivity contribution < 1.29 is 4.79 Å². The fraction of sp³-hybridized carbons (Fsp3) is 0.273. The first-order valence-corrected chi connectivity index (χ1v) is 5.87. The quantitative estimate of drug-likeness (QED) is 0.759. The zero-order valence-corrected chi connectivity index (χ0v) is 10.0. The highest BCUT2D eigenvalue weighted by molar-refractivity contribution is 9.10. The Morgan fingerprint density at radius 1 is 1.50 bits per heavy atom. The van der Waals surface area contributed by atoms with E-state index in [1.807, 2.05) is 18.2 Å². The zero-order valence-electron chi connectivity index (χ0n) is 8.46. The van der Waals surface area contributed by atoms with Crippen molar-refractivity contribution in [1.82, 2.24) is 5.32 Å². The van der Waals surface area contributed by atoms with Crippen molar-refractivity contribution in [2.24, 2.45) is 10.7 Å². The van der Waals surface area contributed by atoms with Crippen LogP contribution in [0, 0.1) is 0 Å². The second-order valence-electron chi connectivity index (χ2n) is 4.10. The minimum absolute atomic E-state index is 0.342. The van der Waals surface area contributed by atoms with Gasteiger partial charge in [0, 0.05) is 4.47 Å². The summed E-state index contributed by atoms with van der Waals surface area (Å²) in [4.78, 5) is 15.1. The van der Waals surface area contributed by atoms with Crippen LogP contribution < -0.4 is 11.1 Å². The molecule has 0 bridgehead atoms. The van der Waals surface area contributed by atoms with Gasteiger partial charge in [-0.05, 0) is 30.0 Å². The van der Waals surface area contributed by atoms with Gasteiger partial charge in [-0.25, -0.2) is 4.79 Å². The number of amidine groups is 1. The lowest BCUT2D eigenvalue weighted by atomic mass is 9.91. The minimum atomic E-state index is -0.559. The molecule has 82 valence electrons. The van der Waals surface area contributed by atoms with E-state index in [2.05, 4.69) is 26.2 Å². The molecule has 0 saturated carbocycles. The molecule has 1 unspecified atom stereocenters. The molecule has 0 radical (unpaired) electrons.